The summed E-state index contributed by atoms with van der Waals surface area (Å²) in [5.41, 5.74) is 12.4. The average molecular weight is 310 g/mol. The smallest absolute Gasteiger partial charge is 0.223 e. The van der Waals surface area contributed by atoms with E-state index in [0.717, 1.165) is 25.3 Å². The fourth-order valence-electron chi connectivity index (χ4n) is 1.87. The molecule has 7 heteroatoms. The maximum atomic E-state index is 5.92. The summed E-state index contributed by atoms with van der Waals surface area (Å²) in [5, 5.41) is 0. The summed E-state index contributed by atoms with van der Waals surface area (Å²) >= 11 is 0. The maximum absolute atomic E-state index is 5.92. The molecule has 1 heterocycles. The van der Waals surface area contributed by atoms with E-state index in [1.54, 1.807) is 13.2 Å². The fraction of sp³-hybridized carbons (Fsp3) is 0.286. The Morgan fingerprint density at radius 3 is 2.76 bits per heavy atom. The number of rotatable bonds is 2. The van der Waals surface area contributed by atoms with Gasteiger partial charge in [-0.25, -0.2) is 4.99 Å². The summed E-state index contributed by atoms with van der Waals surface area (Å²) in [6.07, 6.45) is 5.14. The van der Waals surface area contributed by atoms with Crippen molar-refractivity contribution in [2.24, 2.45) is 21.5 Å². The molecule has 21 heavy (non-hydrogen) atoms. The number of halogens is 1. The fourth-order valence-corrected chi connectivity index (χ4v) is 1.87. The number of nitrogens with two attached hydrogens (primary N) is 2. The van der Waals surface area contributed by atoms with Crippen molar-refractivity contribution in [1.29, 1.82) is 0 Å². The Morgan fingerprint density at radius 2 is 2.10 bits per heavy atom. The molecule has 6 nitrogen and oxygen atoms in total. The molecular formula is C14H20ClN5O. The van der Waals surface area contributed by atoms with Crippen molar-refractivity contribution >= 4 is 30.0 Å². The number of hydrogen-bond acceptors (Lipinski definition) is 2. The minimum Gasteiger partial charge on any atom is -0.497 e. The Balaban J connectivity index is 0.00000220. The van der Waals surface area contributed by atoms with Crippen molar-refractivity contribution in [2.75, 3.05) is 20.2 Å². The first-order valence-corrected chi connectivity index (χ1v) is 6.41. The standard InChI is InChI=1S/C14H19N5O.ClH/c1-20-12-7-5-6-11(10-12)17-13(15)18-14(16)19-8-3-2-4-9-19;/h2-3,5-7,10H,4,8-9H2,1H3,(H4,15,16,17,18);1H. The summed E-state index contributed by atoms with van der Waals surface area (Å²) < 4.78 is 5.13. The van der Waals surface area contributed by atoms with Crippen LogP contribution < -0.4 is 16.2 Å². The molecule has 0 aliphatic carbocycles. The Hall–Kier alpha value is -2.21. The van der Waals surface area contributed by atoms with Crippen LogP contribution in [0.3, 0.4) is 0 Å². The molecule has 1 aromatic carbocycles. The predicted octanol–water partition coefficient (Wildman–Crippen LogP) is 1.64. The van der Waals surface area contributed by atoms with Crippen LogP contribution in [-0.4, -0.2) is 37.0 Å². The van der Waals surface area contributed by atoms with Gasteiger partial charge in [0.25, 0.3) is 0 Å². The zero-order valence-corrected chi connectivity index (χ0v) is 12.7. The minimum absolute atomic E-state index is 0. The Morgan fingerprint density at radius 1 is 1.29 bits per heavy atom. The number of hydrogen-bond donors (Lipinski definition) is 2. The van der Waals surface area contributed by atoms with Crippen molar-refractivity contribution in [1.82, 2.24) is 4.90 Å². The zero-order valence-electron chi connectivity index (χ0n) is 11.9. The highest BCUT2D eigenvalue weighted by Crippen LogP contribution is 2.19. The van der Waals surface area contributed by atoms with Crippen LogP contribution in [0.5, 0.6) is 5.75 Å². The van der Waals surface area contributed by atoms with Gasteiger partial charge in [0.2, 0.25) is 5.96 Å². The molecule has 0 spiro atoms. The number of nitrogens with zero attached hydrogens (tertiary/aromatic N) is 3. The second-order valence-corrected chi connectivity index (χ2v) is 4.35. The molecule has 0 bridgehead atoms. The van der Waals surface area contributed by atoms with E-state index in [1.165, 1.54) is 0 Å². The van der Waals surface area contributed by atoms with Gasteiger partial charge >= 0.3 is 0 Å². The SMILES string of the molecule is COc1cccc(N=C(N)N=C(N)N2CC=CCC2)c1.Cl. The topological polar surface area (TPSA) is 89.2 Å². The van der Waals surface area contributed by atoms with E-state index in [-0.39, 0.29) is 18.4 Å². The second-order valence-electron chi connectivity index (χ2n) is 4.35. The predicted molar refractivity (Wildman–Crippen MR) is 88.5 cm³/mol. The number of methoxy groups -OCH3 is 1. The van der Waals surface area contributed by atoms with Gasteiger partial charge in [-0.1, -0.05) is 18.2 Å². The van der Waals surface area contributed by atoms with Gasteiger partial charge in [-0.3, -0.25) is 0 Å². The van der Waals surface area contributed by atoms with Gasteiger partial charge in [-0.05, 0) is 18.6 Å². The lowest BCUT2D eigenvalue weighted by molar-refractivity contribution is 0.415. The summed E-state index contributed by atoms with van der Waals surface area (Å²) in [5.74, 6) is 1.24. The highest BCUT2D eigenvalue weighted by molar-refractivity contribution is 5.94. The van der Waals surface area contributed by atoms with Crippen molar-refractivity contribution in [2.45, 2.75) is 6.42 Å². The molecule has 1 aliphatic heterocycles. The molecule has 0 saturated carbocycles. The highest BCUT2D eigenvalue weighted by atomic mass is 35.5. The third-order valence-corrected chi connectivity index (χ3v) is 2.91. The van der Waals surface area contributed by atoms with Crippen LogP contribution in [0.25, 0.3) is 0 Å². The van der Waals surface area contributed by atoms with E-state index in [9.17, 15) is 0 Å². The molecule has 4 N–H and O–H groups in total. The Bertz CT molecular complexity index is 556. The molecule has 0 aromatic heterocycles. The first-order chi connectivity index (χ1) is 9.69. The molecule has 1 aliphatic rings. The third kappa shape index (κ3) is 5.00. The first-order valence-electron chi connectivity index (χ1n) is 6.41. The molecule has 0 atom stereocenters. The number of aliphatic imine (C=N–C) groups is 2. The van der Waals surface area contributed by atoms with Crippen LogP contribution in [0, 0.1) is 0 Å². The maximum Gasteiger partial charge on any atom is 0.223 e. The molecule has 2 rings (SSSR count). The minimum atomic E-state index is 0. The van der Waals surface area contributed by atoms with E-state index in [4.69, 9.17) is 16.2 Å². The van der Waals surface area contributed by atoms with Crippen LogP contribution in [0.15, 0.2) is 46.4 Å². The van der Waals surface area contributed by atoms with Crippen molar-refractivity contribution in [3.63, 3.8) is 0 Å². The lowest BCUT2D eigenvalue weighted by Gasteiger charge is -2.23. The highest BCUT2D eigenvalue weighted by Gasteiger charge is 2.08. The average Bonchev–Trinajstić information content (AvgIpc) is 2.48. The third-order valence-electron chi connectivity index (χ3n) is 2.91. The summed E-state index contributed by atoms with van der Waals surface area (Å²) in [4.78, 5) is 10.3. The monoisotopic (exact) mass is 309 g/mol. The molecule has 1 aromatic rings. The largest absolute Gasteiger partial charge is 0.497 e. The molecule has 0 amide bonds. The number of guanidine groups is 2. The summed E-state index contributed by atoms with van der Waals surface area (Å²) in [7, 11) is 1.60. The molecule has 0 saturated heterocycles. The van der Waals surface area contributed by atoms with E-state index >= 15 is 0 Å². The molecule has 0 fully saturated rings. The van der Waals surface area contributed by atoms with Gasteiger partial charge in [0.15, 0.2) is 5.96 Å². The van der Waals surface area contributed by atoms with E-state index in [0.29, 0.717) is 11.6 Å². The number of ether oxygens (including phenoxy) is 1. The van der Waals surface area contributed by atoms with Gasteiger partial charge in [0.1, 0.15) is 5.75 Å². The van der Waals surface area contributed by atoms with Gasteiger partial charge in [0, 0.05) is 19.2 Å². The Kier molecular flexibility index (Phi) is 6.55. The molecule has 0 radical (unpaired) electrons. The van der Waals surface area contributed by atoms with E-state index in [2.05, 4.69) is 22.1 Å². The van der Waals surface area contributed by atoms with Crippen molar-refractivity contribution < 1.29 is 4.74 Å². The van der Waals surface area contributed by atoms with Gasteiger partial charge < -0.3 is 21.1 Å². The summed E-state index contributed by atoms with van der Waals surface area (Å²) in [6.45, 7) is 1.60. The van der Waals surface area contributed by atoms with Crippen LogP contribution in [-0.2, 0) is 0 Å². The van der Waals surface area contributed by atoms with Crippen LogP contribution in [0.4, 0.5) is 5.69 Å². The number of benzene rings is 1. The van der Waals surface area contributed by atoms with E-state index in [1.807, 2.05) is 23.1 Å². The van der Waals surface area contributed by atoms with Crippen LogP contribution >= 0.6 is 12.4 Å². The quantitative estimate of drug-likeness (QED) is 0.494. The van der Waals surface area contributed by atoms with Gasteiger partial charge in [-0.15, -0.1) is 12.4 Å². The summed E-state index contributed by atoms with van der Waals surface area (Å²) in [6, 6.07) is 7.28. The lowest BCUT2D eigenvalue weighted by atomic mass is 10.3. The molecule has 0 unspecified atom stereocenters. The van der Waals surface area contributed by atoms with Crippen molar-refractivity contribution in [3.8, 4) is 5.75 Å². The normalized spacial score (nSPS) is 15.6. The Labute approximate surface area is 130 Å². The van der Waals surface area contributed by atoms with Crippen LogP contribution in [0.2, 0.25) is 0 Å². The lowest BCUT2D eigenvalue weighted by Crippen LogP contribution is -2.40. The van der Waals surface area contributed by atoms with Crippen LogP contribution in [0.1, 0.15) is 6.42 Å². The first kappa shape index (κ1) is 16.8. The molecular weight excluding hydrogens is 290 g/mol. The van der Waals surface area contributed by atoms with Crippen molar-refractivity contribution in [3.05, 3.63) is 36.4 Å². The zero-order chi connectivity index (χ0) is 14.4. The second kappa shape index (κ2) is 8.16. The van der Waals surface area contributed by atoms with Gasteiger partial charge in [0.05, 0.1) is 12.8 Å². The van der Waals surface area contributed by atoms with Gasteiger partial charge in [-0.2, -0.15) is 4.99 Å². The van der Waals surface area contributed by atoms with E-state index < -0.39 is 0 Å². The molecule has 114 valence electrons.